The minimum Gasteiger partial charge on any atom is -0.392 e. The van der Waals surface area contributed by atoms with Crippen LogP contribution in [0.5, 0.6) is 0 Å². The van der Waals surface area contributed by atoms with Gasteiger partial charge in [0.25, 0.3) is 5.91 Å². The number of rotatable bonds is 4. The summed E-state index contributed by atoms with van der Waals surface area (Å²) in [5, 5.41) is 12.6. The number of carbonyl (C=O) groups is 1. The van der Waals surface area contributed by atoms with Crippen LogP contribution >= 0.6 is 34.8 Å². The van der Waals surface area contributed by atoms with E-state index in [0.717, 1.165) is 11.1 Å². The lowest BCUT2D eigenvalue weighted by molar-refractivity contribution is 0.0951. The zero-order chi connectivity index (χ0) is 15.4. The molecule has 0 unspecified atom stereocenters. The first-order valence-electron chi connectivity index (χ1n) is 6.14. The van der Waals surface area contributed by atoms with Crippen LogP contribution in [0.15, 0.2) is 36.4 Å². The van der Waals surface area contributed by atoms with Crippen LogP contribution in [0.25, 0.3) is 0 Å². The molecule has 0 aliphatic carbocycles. The number of aliphatic hydroxyl groups is 1. The molecule has 0 bridgehead atoms. The van der Waals surface area contributed by atoms with Gasteiger partial charge in [-0.1, -0.05) is 59.1 Å². The number of aliphatic hydroxyl groups excluding tert-OH is 1. The van der Waals surface area contributed by atoms with E-state index in [1.807, 2.05) is 18.2 Å². The van der Waals surface area contributed by atoms with Crippen molar-refractivity contribution < 1.29 is 9.90 Å². The molecule has 2 aromatic rings. The zero-order valence-electron chi connectivity index (χ0n) is 10.9. The summed E-state index contributed by atoms with van der Waals surface area (Å²) in [4.78, 5) is 12.2. The maximum Gasteiger partial charge on any atom is 0.254 e. The molecule has 1 amide bonds. The summed E-state index contributed by atoms with van der Waals surface area (Å²) in [5.74, 6) is -0.416. The van der Waals surface area contributed by atoms with Gasteiger partial charge in [0.2, 0.25) is 0 Å². The average molecular weight is 345 g/mol. The van der Waals surface area contributed by atoms with Crippen molar-refractivity contribution in [3.05, 3.63) is 68.2 Å². The van der Waals surface area contributed by atoms with Crippen LogP contribution in [0.1, 0.15) is 21.5 Å². The van der Waals surface area contributed by atoms with Crippen molar-refractivity contribution in [3.8, 4) is 0 Å². The third-order valence-electron chi connectivity index (χ3n) is 3.00. The molecule has 0 saturated heterocycles. The summed E-state index contributed by atoms with van der Waals surface area (Å²) >= 11 is 17.9. The van der Waals surface area contributed by atoms with Gasteiger partial charge in [-0.3, -0.25) is 4.79 Å². The van der Waals surface area contributed by atoms with E-state index in [0.29, 0.717) is 0 Å². The minimum atomic E-state index is -0.416. The van der Waals surface area contributed by atoms with Gasteiger partial charge in [-0.25, -0.2) is 0 Å². The normalized spacial score (nSPS) is 10.5. The van der Waals surface area contributed by atoms with Crippen molar-refractivity contribution in [3.63, 3.8) is 0 Å². The second-order valence-corrected chi connectivity index (χ2v) is 5.52. The average Bonchev–Trinajstić information content (AvgIpc) is 2.49. The van der Waals surface area contributed by atoms with Crippen molar-refractivity contribution >= 4 is 40.7 Å². The highest BCUT2D eigenvalue weighted by Crippen LogP contribution is 2.31. The third kappa shape index (κ3) is 3.69. The molecule has 0 aliphatic heterocycles. The lowest BCUT2D eigenvalue weighted by Crippen LogP contribution is -2.24. The topological polar surface area (TPSA) is 49.3 Å². The quantitative estimate of drug-likeness (QED) is 0.821. The fraction of sp³-hybridized carbons (Fsp3) is 0.133. The van der Waals surface area contributed by atoms with Crippen LogP contribution in [0.2, 0.25) is 15.1 Å². The Balaban J connectivity index is 2.18. The van der Waals surface area contributed by atoms with Gasteiger partial charge < -0.3 is 10.4 Å². The number of amides is 1. The summed E-state index contributed by atoms with van der Waals surface area (Å²) < 4.78 is 0. The first-order chi connectivity index (χ1) is 10.0. The van der Waals surface area contributed by atoms with Gasteiger partial charge in [0.1, 0.15) is 0 Å². The Labute approximate surface area is 137 Å². The number of nitrogens with one attached hydrogen (secondary N) is 1. The first-order valence-corrected chi connectivity index (χ1v) is 7.27. The SMILES string of the molecule is O=C(NCc1ccccc1CO)c1c(Cl)ccc(Cl)c1Cl. The van der Waals surface area contributed by atoms with E-state index in [9.17, 15) is 9.90 Å². The molecule has 0 atom stereocenters. The Morgan fingerprint density at radius 2 is 1.62 bits per heavy atom. The Hall–Kier alpha value is -1.26. The second kappa shape index (κ2) is 7.14. The number of hydrogen-bond acceptors (Lipinski definition) is 2. The van der Waals surface area contributed by atoms with E-state index in [-0.39, 0.29) is 33.8 Å². The predicted molar refractivity (Wildman–Crippen MR) is 85.0 cm³/mol. The largest absolute Gasteiger partial charge is 0.392 e. The molecule has 2 N–H and O–H groups in total. The maximum atomic E-state index is 12.2. The molecular weight excluding hydrogens is 333 g/mol. The lowest BCUT2D eigenvalue weighted by atomic mass is 10.1. The molecule has 0 aliphatic rings. The van der Waals surface area contributed by atoms with Crippen LogP contribution in [-0.2, 0) is 13.2 Å². The van der Waals surface area contributed by atoms with Crippen molar-refractivity contribution in [2.75, 3.05) is 0 Å². The van der Waals surface area contributed by atoms with Crippen LogP contribution < -0.4 is 5.32 Å². The standard InChI is InChI=1S/C15H12Cl3NO2/c16-11-5-6-12(17)14(18)13(11)15(21)19-7-9-3-1-2-4-10(9)8-20/h1-6,20H,7-8H2,(H,19,21). The highest BCUT2D eigenvalue weighted by Gasteiger charge is 2.17. The van der Waals surface area contributed by atoms with Crippen molar-refractivity contribution in [2.45, 2.75) is 13.2 Å². The molecule has 0 fully saturated rings. The highest BCUT2D eigenvalue weighted by atomic mass is 35.5. The van der Waals surface area contributed by atoms with Gasteiger partial charge in [0.15, 0.2) is 0 Å². The van der Waals surface area contributed by atoms with E-state index in [4.69, 9.17) is 34.8 Å². The molecule has 0 saturated carbocycles. The molecular formula is C15H12Cl3NO2. The molecule has 3 nitrogen and oxygen atoms in total. The number of halogens is 3. The molecule has 6 heteroatoms. The van der Waals surface area contributed by atoms with Crippen molar-refractivity contribution in [1.29, 1.82) is 0 Å². The molecule has 0 spiro atoms. The van der Waals surface area contributed by atoms with Gasteiger partial charge in [0.05, 0.1) is 27.2 Å². The molecule has 2 rings (SSSR count). The maximum absolute atomic E-state index is 12.2. The van der Waals surface area contributed by atoms with E-state index < -0.39 is 5.91 Å². The fourth-order valence-corrected chi connectivity index (χ4v) is 2.58. The monoisotopic (exact) mass is 343 g/mol. The van der Waals surface area contributed by atoms with Gasteiger partial charge >= 0.3 is 0 Å². The lowest BCUT2D eigenvalue weighted by Gasteiger charge is -2.11. The molecule has 0 heterocycles. The summed E-state index contributed by atoms with van der Waals surface area (Å²) in [7, 11) is 0. The van der Waals surface area contributed by atoms with Gasteiger partial charge in [-0.15, -0.1) is 0 Å². The number of carbonyl (C=O) groups excluding carboxylic acids is 1. The van der Waals surface area contributed by atoms with E-state index in [1.165, 1.54) is 12.1 Å². The minimum absolute atomic E-state index is 0.0925. The Morgan fingerprint density at radius 3 is 2.29 bits per heavy atom. The fourth-order valence-electron chi connectivity index (χ4n) is 1.88. The van der Waals surface area contributed by atoms with Crippen LogP contribution in [0, 0.1) is 0 Å². The van der Waals surface area contributed by atoms with Crippen LogP contribution in [0.3, 0.4) is 0 Å². The smallest absolute Gasteiger partial charge is 0.254 e. The van der Waals surface area contributed by atoms with E-state index >= 15 is 0 Å². The first kappa shape index (κ1) is 16.1. The zero-order valence-corrected chi connectivity index (χ0v) is 13.1. The number of benzene rings is 2. The second-order valence-electron chi connectivity index (χ2n) is 4.33. The summed E-state index contributed by atoms with van der Waals surface area (Å²) in [6, 6.07) is 10.3. The molecule has 0 radical (unpaired) electrons. The van der Waals surface area contributed by atoms with E-state index in [2.05, 4.69) is 5.32 Å². The summed E-state index contributed by atoms with van der Waals surface area (Å²) in [6.07, 6.45) is 0. The molecule has 0 aromatic heterocycles. The van der Waals surface area contributed by atoms with Crippen molar-refractivity contribution in [2.24, 2.45) is 0 Å². The van der Waals surface area contributed by atoms with Gasteiger partial charge in [0, 0.05) is 6.54 Å². The molecule has 110 valence electrons. The van der Waals surface area contributed by atoms with E-state index in [1.54, 1.807) is 6.07 Å². The van der Waals surface area contributed by atoms with Gasteiger partial charge in [-0.2, -0.15) is 0 Å². The molecule has 21 heavy (non-hydrogen) atoms. The Kier molecular flexibility index (Phi) is 5.48. The van der Waals surface area contributed by atoms with Crippen LogP contribution in [-0.4, -0.2) is 11.0 Å². The Bertz CT molecular complexity index is 674. The number of hydrogen-bond donors (Lipinski definition) is 2. The van der Waals surface area contributed by atoms with Crippen LogP contribution in [0.4, 0.5) is 0 Å². The summed E-state index contributed by atoms with van der Waals surface area (Å²) in [5.41, 5.74) is 1.72. The highest BCUT2D eigenvalue weighted by molar-refractivity contribution is 6.46. The Morgan fingerprint density at radius 1 is 1.00 bits per heavy atom. The molecule has 2 aromatic carbocycles. The van der Waals surface area contributed by atoms with Crippen molar-refractivity contribution in [1.82, 2.24) is 5.32 Å². The van der Waals surface area contributed by atoms with Gasteiger partial charge in [-0.05, 0) is 23.3 Å². The third-order valence-corrected chi connectivity index (χ3v) is 4.12. The predicted octanol–water partition coefficient (Wildman–Crippen LogP) is 4.07. The summed E-state index contributed by atoms with van der Waals surface area (Å²) in [6.45, 7) is 0.166.